The summed E-state index contributed by atoms with van der Waals surface area (Å²) in [7, 11) is 1.46. The van der Waals surface area contributed by atoms with Gasteiger partial charge < -0.3 is 19.3 Å². The molecule has 1 N–H and O–H groups in total. The molecule has 37 heavy (non-hydrogen) atoms. The molecule has 7 nitrogen and oxygen atoms in total. The molecule has 0 aliphatic heterocycles. The number of carbonyl (C=O) groups is 2. The van der Waals surface area contributed by atoms with Crippen molar-refractivity contribution in [2.75, 3.05) is 26.9 Å². The summed E-state index contributed by atoms with van der Waals surface area (Å²) in [5.41, 5.74) is 1.73. The summed E-state index contributed by atoms with van der Waals surface area (Å²) in [5, 5.41) is 11.4. The Balaban J connectivity index is 1.54. The van der Waals surface area contributed by atoms with Crippen molar-refractivity contribution in [3.05, 3.63) is 71.0 Å². The van der Waals surface area contributed by atoms with Crippen LogP contribution in [0.3, 0.4) is 0 Å². The summed E-state index contributed by atoms with van der Waals surface area (Å²) in [6.07, 6.45) is -0.0566. The van der Waals surface area contributed by atoms with E-state index in [0.717, 1.165) is 0 Å². The highest BCUT2D eigenvalue weighted by Gasteiger charge is 2.19. The van der Waals surface area contributed by atoms with Crippen LogP contribution in [0, 0.1) is 5.82 Å². The van der Waals surface area contributed by atoms with Crippen LogP contribution in [0.5, 0.6) is 17.2 Å². The summed E-state index contributed by atoms with van der Waals surface area (Å²) in [4.78, 5) is 30.4. The molecular weight excluding hydrogens is 497 g/mol. The van der Waals surface area contributed by atoms with Crippen molar-refractivity contribution in [1.29, 1.82) is 0 Å². The summed E-state index contributed by atoms with van der Waals surface area (Å²) in [6.45, 7) is 2.21. The Labute approximate surface area is 217 Å². The molecule has 0 atom stereocenters. The van der Waals surface area contributed by atoms with Gasteiger partial charge in [-0.3, -0.25) is 9.59 Å². The van der Waals surface area contributed by atoms with Crippen LogP contribution in [0.25, 0.3) is 21.3 Å². The van der Waals surface area contributed by atoms with Crippen molar-refractivity contribution in [2.45, 2.75) is 19.8 Å². The van der Waals surface area contributed by atoms with Gasteiger partial charge in [0.15, 0.2) is 23.1 Å². The van der Waals surface area contributed by atoms with Gasteiger partial charge >= 0.3 is 0 Å². The molecule has 192 valence electrons. The van der Waals surface area contributed by atoms with Gasteiger partial charge in [-0.2, -0.15) is 0 Å². The number of ether oxygens (including phenoxy) is 3. The molecule has 0 spiro atoms. The average molecular weight is 524 g/mol. The Hall–Kier alpha value is -3.82. The number of methoxy groups -OCH3 is 1. The fourth-order valence-corrected chi connectivity index (χ4v) is 4.85. The van der Waals surface area contributed by atoms with Crippen LogP contribution in [-0.2, 0) is 0 Å². The van der Waals surface area contributed by atoms with Crippen molar-refractivity contribution in [1.82, 2.24) is 4.98 Å². The highest BCUT2D eigenvalue weighted by molar-refractivity contribution is 7.17. The first kappa shape index (κ1) is 26.2. The zero-order valence-corrected chi connectivity index (χ0v) is 21.3. The fraction of sp³-hybridized carbons (Fsp3) is 0.250. The number of Topliss-reactive ketones (excluding diaryl/α,β-unsaturated/α-hetero) is 2. The molecule has 0 amide bonds. The van der Waals surface area contributed by atoms with Crippen LogP contribution in [0.1, 0.15) is 40.6 Å². The van der Waals surface area contributed by atoms with E-state index in [1.165, 1.54) is 24.5 Å². The molecule has 4 rings (SSSR count). The molecule has 0 radical (unpaired) electrons. The molecule has 0 aliphatic rings. The minimum Gasteiger partial charge on any atom is -0.493 e. The number of rotatable bonds is 12. The molecule has 0 fully saturated rings. The Morgan fingerprint density at radius 2 is 1.78 bits per heavy atom. The normalized spacial score (nSPS) is 10.9. The molecule has 0 saturated heterocycles. The monoisotopic (exact) mass is 523 g/mol. The van der Waals surface area contributed by atoms with E-state index in [1.807, 2.05) is 13.0 Å². The van der Waals surface area contributed by atoms with Crippen LogP contribution in [0.2, 0.25) is 0 Å². The number of pyridine rings is 1. The maximum absolute atomic E-state index is 14.3. The van der Waals surface area contributed by atoms with Gasteiger partial charge in [0.1, 0.15) is 29.6 Å². The van der Waals surface area contributed by atoms with E-state index in [9.17, 15) is 14.0 Å². The molecule has 9 heteroatoms. The number of halogens is 1. The van der Waals surface area contributed by atoms with Gasteiger partial charge in [0, 0.05) is 34.7 Å². The summed E-state index contributed by atoms with van der Waals surface area (Å²) < 4.78 is 31.2. The third-order valence-electron chi connectivity index (χ3n) is 5.66. The van der Waals surface area contributed by atoms with Gasteiger partial charge in [-0.25, -0.2) is 9.37 Å². The topological polar surface area (TPSA) is 95.0 Å². The lowest BCUT2D eigenvalue weighted by molar-refractivity contribution is 0.0914. The Morgan fingerprint density at radius 3 is 2.54 bits per heavy atom. The quantitative estimate of drug-likeness (QED) is 0.237. The van der Waals surface area contributed by atoms with Gasteiger partial charge in [-0.15, -0.1) is 11.3 Å². The second-order valence-corrected chi connectivity index (χ2v) is 8.91. The average Bonchev–Trinajstić information content (AvgIpc) is 3.36. The van der Waals surface area contributed by atoms with E-state index >= 15 is 0 Å². The molecule has 0 saturated carbocycles. The number of thiophene rings is 1. The zero-order valence-electron chi connectivity index (χ0n) is 20.5. The first-order chi connectivity index (χ1) is 18.0. The minimum atomic E-state index is -0.318. The number of ketones is 2. The minimum absolute atomic E-state index is 0.0182. The first-order valence-corrected chi connectivity index (χ1v) is 12.6. The molecule has 4 aromatic rings. The Kier molecular flexibility index (Phi) is 8.47. The van der Waals surface area contributed by atoms with Gasteiger partial charge in [-0.05, 0) is 43.3 Å². The highest BCUT2D eigenvalue weighted by atomic mass is 32.1. The van der Waals surface area contributed by atoms with E-state index in [4.69, 9.17) is 19.3 Å². The number of aliphatic hydroxyl groups is 1. The second-order valence-electron chi connectivity index (χ2n) is 8.03. The smallest absolute Gasteiger partial charge is 0.181 e. The van der Waals surface area contributed by atoms with Crippen LogP contribution in [0.15, 0.2) is 53.9 Å². The maximum atomic E-state index is 14.3. The lowest BCUT2D eigenvalue weighted by Gasteiger charge is -2.12. The summed E-state index contributed by atoms with van der Waals surface area (Å²) >= 11 is 1.26. The maximum Gasteiger partial charge on any atom is 0.181 e. The molecule has 0 bridgehead atoms. The SMILES string of the molecule is CCOc1ccc(C(=O)CCC(=O)c2ccc(OCCO)c(OC)c2)nc1-c1csc2c(F)cccc12. The first-order valence-electron chi connectivity index (χ1n) is 11.7. The largest absolute Gasteiger partial charge is 0.493 e. The lowest BCUT2D eigenvalue weighted by atomic mass is 10.0. The van der Waals surface area contributed by atoms with Gasteiger partial charge in [0.25, 0.3) is 0 Å². The molecule has 2 heterocycles. The summed E-state index contributed by atoms with van der Waals surface area (Å²) in [6, 6.07) is 12.8. The third-order valence-corrected chi connectivity index (χ3v) is 6.67. The van der Waals surface area contributed by atoms with Gasteiger partial charge in [-0.1, -0.05) is 12.1 Å². The standard InChI is InChI=1S/C28H26FNO6S/c1-3-35-25-12-8-21(30-27(25)19-16-37-28-18(19)5-4-6-20(28)29)23(33)10-9-22(32)17-7-11-24(36-14-13-31)26(15-17)34-2/h4-8,11-12,15-16,31H,3,9-10,13-14H2,1-2H3. The number of aromatic nitrogens is 1. The third kappa shape index (κ3) is 5.79. The van der Waals surface area contributed by atoms with Crippen molar-refractivity contribution in [3.63, 3.8) is 0 Å². The van der Waals surface area contributed by atoms with Crippen LogP contribution in [-0.4, -0.2) is 48.6 Å². The number of carbonyl (C=O) groups excluding carboxylic acids is 2. The molecule has 0 unspecified atom stereocenters. The van der Waals surface area contributed by atoms with Crippen LogP contribution < -0.4 is 14.2 Å². The van der Waals surface area contributed by atoms with Crippen molar-refractivity contribution in [3.8, 4) is 28.5 Å². The number of fused-ring (bicyclic) bond motifs is 1. The van der Waals surface area contributed by atoms with Crippen molar-refractivity contribution < 1.29 is 33.3 Å². The summed E-state index contributed by atoms with van der Waals surface area (Å²) in [5.74, 6) is 0.430. The predicted molar refractivity (Wildman–Crippen MR) is 140 cm³/mol. The van der Waals surface area contributed by atoms with Gasteiger partial charge in [0.05, 0.1) is 25.0 Å². The number of benzene rings is 2. The molecule has 0 aliphatic carbocycles. The zero-order chi connectivity index (χ0) is 26.4. The molecule has 2 aromatic carbocycles. The van der Waals surface area contributed by atoms with Gasteiger partial charge in [0.2, 0.25) is 0 Å². The van der Waals surface area contributed by atoms with Crippen molar-refractivity contribution >= 4 is 33.0 Å². The van der Waals surface area contributed by atoms with E-state index in [1.54, 1.807) is 41.8 Å². The number of nitrogens with zero attached hydrogens (tertiary/aromatic N) is 1. The van der Waals surface area contributed by atoms with E-state index in [2.05, 4.69) is 4.98 Å². The predicted octanol–water partition coefficient (Wildman–Crippen LogP) is 5.73. The number of aliphatic hydroxyl groups excluding tert-OH is 1. The Bertz CT molecular complexity index is 1430. The fourth-order valence-electron chi connectivity index (χ4n) is 3.89. The van der Waals surface area contributed by atoms with Crippen LogP contribution in [0.4, 0.5) is 4.39 Å². The van der Waals surface area contributed by atoms with E-state index < -0.39 is 0 Å². The Morgan fingerprint density at radius 1 is 1.00 bits per heavy atom. The van der Waals surface area contributed by atoms with Crippen molar-refractivity contribution in [2.24, 2.45) is 0 Å². The highest BCUT2D eigenvalue weighted by Crippen LogP contribution is 2.38. The van der Waals surface area contributed by atoms with Crippen LogP contribution >= 0.6 is 11.3 Å². The van der Waals surface area contributed by atoms with E-state index in [-0.39, 0.29) is 49.1 Å². The molecular formula is C28H26FNO6S. The van der Waals surface area contributed by atoms with E-state index in [0.29, 0.717) is 50.8 Å². The molecule has 2 aromatic heterocycles. The number of hydrogen-bond donors (Lipinski definition) is 1. The second kappa shape index (κ2) is 11.9. The lowest BCUT2D eigenvalue weighted by Crippen LogP contribution is -2.09. The number of hydrogen-bond acceptors (Lipinski definition) is 8.